The highest BCUT2D eigenvalue weighted by atomic mass is 35.5. The summed E-state index contributed by atoms with van der Waals surface area (Å²) in [5, 5.41) is 7.01. The van der Waals surface area contributed by atoms with E-state index in [1.807, 2.05) is 44.2 Å². The van der Waals surface area contributed by atoms with Crippen LogP contribution >= 0.6 is 11.6 Å². The van der Waals surface area contributed by atoms with Crippen molar-refractivity contribution in [2.75, 3.05) is 11.9 Å². The molecule has 30 heavy (non-hydrogen) atoms. The molecule has 0 bridgehead atoms. The third-order valence-corrected chi connectivity index (χ3v) is 4.60. The zero-order valence-corrected chi connectivity index (χ0v) is 17.1. The molecule has 3 rings (SSSR count). The number of amides is 1. The van der Waals surface area contributed by atoms with E-state index < -0.39 is 24.3 Å². The van der Waals surface area contributed by atoms with E-state index >= 15 is 0 Å². The summed E-state index contributed by atoms with van der Waals surface area (Å²) in [4.78, 5) is 23.9. The van der Waals surface area contributed by atoms with Crippen molar-refractivity contribution in [1.29, 1.82) is 0 Å². The number of aromatic nitrogens is 2. The van der Waals surface area contributed by atoms with Crippen LogP contribution in [0.5, 0.6) is 0 Å². The summed E-state index contributed by atoms with van der Waals surface area (Å²) in [6.45, 7) is 3.24. The first-order chi connectivity index (χ1) is 14.3. The Bertz CT molecular complexity index is 1110. The molecule has 0 radical (unpaired) electrons. The number of halogens is 2. The van der Waals surface area contributed by atoms with Gasteiger partial charge in [0.2, 0.25) is 0 Å². The van der Waals surface area contributed by atoms with Crippen LogP contribution in [0, 0.1) is 19.7 Å². The minimum absolute atomic E-state index is 0.0518. The number of rotatable bonds is 6. The van der Waals surface area contributed by atoms with Crippen LogP contribution < -0.4 is 5.32 Å². The predicted octanol–water partition coefficient (Wildman–Crippen LogP) is 4.48. The van der Waals surface area contributed by atoms with E-state index in [4.69, 9.17) is 16.3 Å². The van der Waals surface area contributed by atoms with E-state index in [0.717, 1.165) is 34.8 Å². The van der Waals surface area contributed by atoms with E-state index in [1.54, 1.807) is 10.8 Å². The van der Waals surface area contributed by atoms with Gasteiger partial charge in [0.05, 0.1) is 22.1 Å². The molecule has 1 amide bonds. The average molecular weight is 428 g/mol. The van der Waals surface area contributed by atoms with Gasteiger partial charge < -0.3 is 10.1 Å². The number of anilines is 1. The topological polar surface area (TPSA) is 73.2 Å². The number of para-hydroxylation sites is 1. The molecule has 0 fully saturated rings. The average Bonchev–Trinajstić information content (AvgIpc) is 3.01. The maximum Gasteiger partial charge on any atom is 0.331 e. The van der Waals surface area contributed by atoms with Crippen LogP contribution in [0.2, 0.25) is 5.02 Å². The molecule has 0 spiro atoms. The molecule has 1 aromatic heterocycles. The zero-order chi connectivity index (χ0) is 21.7. The molecule has 0 aliphatic rings. The van der Waals surface area contributed by atoms with Gasteiger partial charge in [-0.25, -0.2) is 13.9 Å². The summed E-state index contributed by atoms with van der Waals surface area (Å²) in [6.07, 6.45) is 2.85. The number of hydrogen-bond acceptors (Lipinski definition) is 4. The van der Waals surface area contributed by atoms with Crippen molar-refractivity contribution >= 4 is 35.2 Å². The number of ether oxygens (including phenoxy) is 1. The summed E-state index contributed by atoms with van der Waals surface area (Å²) >= 11 is 5.85. The van der Waals surface area contributed by atoms with Gasteiger partial charge >= 0.3 is 5.97 Å². The summed E-state index contributed by atoms with van der Waals surface area (Å²) in [6, 6.07) is 13.2. The molecule has 0 atom stereocenters. The second-order valence-corrected chi connectivity index (χ2v) is 6.85. The van der Waals surface area contributed by atoms with Crippen molar-refractivity contribution in [1.82, 2.24) is 9.78 Å². The Labute approximate surface area is 177 Å². The van der Waals surface area contributed by atoms with Gasteiger partial charge in [-0.2, -0.15) is 5.10 Å². The third-order valence-electron chi connectivity index (χ3n) is 4.28. The first-order valence-corrected chi connectivity index (χ1v) is 9.44. The van der Waals surface area contributed by atoms with E-state index in [2.05, 4.69) is 10.4 Å². The third kappa shape index (κ3) is 5.12. The van der Waals surface area contributed by atoms with Crippen LogP contribution in [0.15, 0.2) is 54.6 Å². The smallest absolute Gasteiger partial charge is 0.331 e. The van der Waals surface area contributed by atoms with Gasteiger partial charge in [-0.15, -0.1) is 0 Å². The number of aryl methyl sites for hydroxylation is 1. The molecule has 0 saturated carbocycles. The van der Waals surface area contributed by atoms with Crippen LogP contribution in [0.4, 0.5) is 10.1 Å². The standard InChI is InChI=1S/C22H19ClFN3O3/c1-14-18(15(2)27(26-14)17-6-4-3-5-7-17)9-11-22(29)30-13-21(28)25-20-10-8-16(24)12-19(20)23/h3-12H,13H2,1-2H3,(H,25,28)/b11-9+. The molecule has 1 heterocycles. The van der Waals surface area contributed by atoms with Gasteiger partial charge in [0.15, 0.2) is 6.61 Å². The summed E-state index contributed by atoms with van der Waals surface area (Å²) < 4.78 is 19.8. The van der Waals surface area contributed by atoms with Gasteiger partial charge in [0, 0.05) is 17.3 Å². The highest BCUT2D eigenvalue weighted by Gasteiger charge is 2.12. The second kappa shape index (κ2) is 9.37. The lowest BCUT2D eigenvalue weighted by atomic mass is 10.2. The van der Waals surface area contributed by atoms with Gasteiger partial charge in [-0.3, -0.25) is 4.79 Å². The van der Waals surface area contributed by atoms with Crippen LogP contribution in [0.25, 0.3) is 11.8 Å². The van der Waals surface area contributed by atoms with Gasteiger partial charge in [-0.1, -0.05) is 29.8 Å². The number of hydrogen-bond donors (Lipinski definition) is 1. The molecular formula is C22H19ClFN3O3. The Balaban J connectivity index is 1.60. The molecular weight excluding hydrogens is 409 g/mol. The Kier molecular flexibility index (Phi) is 6.64. The van der Waals surface area contributed by atoms with E-state index in [9.17, 15) is 14.0 Å². The maximum absolute atomic E-state index is 13.0. The van der Waals surface area contributed by atoms with Crippen LogP contribution in [0.1, 0.15) is 17.0 Å². The fraction of sp³-hybridized carbons (Fsp3) is 0.136. The van der Waals surface area contributed by atoms with Crippen LogP contribution in [-0.2, 0) is 14.3 Å². The molecule has 0 unspecified atom stereocenters. The Morgan fingerprint density at radius 2 is 1.93 bits per heavy atom. The Hall–Kier alpha value is -3.45. The lowest BCUT2D eigenvalue weighted by Gasteiger charge is -2.07. The first-order valence-electron chi connectivity index (χ1n) is 9.06. The first kappa shape index (κ1) is 21.3. The molecule has 0 saturated heterocycles. The fourth-order valence-corrected chi connectivity index (χ4v) is 3.04. The number of nitrogens with one attached hydrogen (secondary N) is 1. The molecule has 154 valence electrons. The number of esters is 1. The van der Waals surface area contributed by atoms with Crippen molar-refractivity contribution < 1.29 is 18.7 Å². The summed E-state index contributed by atoms with van der Waals surface area (Å²) in [5.41, 5.74) is 3.56. The highest BCUT2D eigenvalue weighted by molar-refractivity contribution is 6.33. The molecule has 2 aromatic carbocycles. The molecule has 1 N–H and O–H groups in total. The predicted molar refractivity (Wildman–Crippen MR) is 113 cm³/mol. The molecule has 6 nitrogen and oxygen atoms in total. The molecule has 0 aliphatic carbocycles. The van der Waals surface area contributed by atoms with Crippen LogP contribution in [0.3, 0.4) is 0 Å². The van der Waals surface area contributed by atoms with Gasteiger partial charge in [-0.05, 0) is 50.3 Å². The highest BCUT2D eigenvalue weighted by Crippen LogP contribution is 2.22. The molecule has 3 aromatic rings. The monoisotopic (exact) mass is 427 g/mol. The zero-order valence-electron chi connectivity index (χ0n) is 16.4. The largest absolute Gasteiger partial charge is 0.452 e. The molecule has 8 heteroatoms. The lowest BCUT2D eigenvalue weighted by molar-refractivity contribution is -0.142. The number of carbonyl (C=O) groups excluding carboxylic acids is 2. The lowest BCUT2D eigenvalue weighted by Crippen LogP contribution is -2.20. The van der Waals surface area contributed by atoms with Crippen molar-refractivity contribution in [3.63, 3.8) is 0 Å². The van der Waals surface area contributed by atoms with Crippen molar-refractivity contribution in [2.24, 2.45) is 0 Å². The quantitative estimate of drug-likeness (QED) is 0.465. The van der Waals surface area contributed by atoms with E-state index in [-0.39, 0.29) is 10.7 Å². The summed E-state index contributed by atoms with van der Waals surface area (Å²) in [7, 11) is 0. The van der Waals surface area contributed by atoms with Gasteiger partial charge in [0.25, 0.3) is 5.91 Å². The number of nitrogens with zero attached hydrogens (tertiary/aromatic N) is 2. The number of carbonyl (C=O) groups is 2. The fourth-order valence-electron chi connectivity index (χ4n) is 2.83. The SMILES string of the molecule is Cc1nn(-c2ccccc2)c(C)c1/C=C/C(=O)OCC(=O)Nc1ccc(F)cc1Cl. The van der Waals surface area contributed by atoms with E-state index in [1.165, 1.54) is 12.1 Å². The minimum atomic E-state index is -0.679. The van der Waals surface area contributed by atoms with Gasteiger partial charge in [0.1, 0.15) is 5.82 Å². The maximum atomic E-state index is 13.0. The number of benzene rings is 2. The molecule has 0 aliphatic heterocycles. The summed E-state index contributed by atoms with van der Waals surface area (Å²) in [5.74, 6) is -1.79. The van der Waals surface area contributed by atoms with Crippen molar-refractivity contribution in [3.05, 3.63) is 82.4 Å². The van der Waals surface area contributed by atoms with Crippen molar-refractivity contribution in [3.8, 4) is 5.69 Å². The Morgan fingerprint density at radius 1 is 1.20 bits per heavy atom. The van der Waals surface area contributed by atoms with E-state index in [0.29, 0.717) is 0 Å². The van der Waals surface area contributed by atoms with Crippen LogP contribution in [-0.4, -0.2) is 28.3 Å². The normalized spacial score (nSPS) is 10.9. The second-order valence-electron chi connectivity index (χ2n) is 6.45. The Morgan fingerprint density at radius 3 is 2.63 bits per heavy atom. The van der Waals surface area contributed by atoms with Crippen molar-refractivity contribution in [2.45, 2.75) is 13.8 Å². The minimum Gasteiger partial charge on any atom is -0.452 e.